The predicted molar refractivity (Wildman–Crippen MR) is 74.6 cm³/mol. The fourth-order valence-electron chi connectivity index (χ4n) is 1.77. The first kappa shape index (κ1) is 13.7. The molecule has 0 saturated carbocycles. The molecule has 0 aliphatic carbocycles. The molecule has 0 fully saturated rings. The Morgan fingerprint density at radius 3 is 2.68 bits per heavy atom. The maximum atomic E-state index is 13.5. The van der Waals surface area contributed by atoms with E-state index >= 15 is 0 Å². The van der Waals surface area contributed by atoms with Crippen molar-refractivity contribution in [1.82, 2.24) is 4.98 Å². The first-order valence-electron chi connectivity index (χ1n) is 5.84. The van der Waals surface area contributed by atoms with Gasteiger partial charge in [-0.25, -0.2) is 4.39 Å². The van der Waals surface area contributed by atoms with E-state index in [1.165, 1.54) is 12.1 Å². The molecule has 3 nitrogen and oxygen atoms in total. The van der Waals surface area contributed by atoms with Gasteiger partial charge in [0, 0.05) is 11.9 Å². The molecule has 100 valence electrons. The maximum Gasteiger partial charge on any atom is 0.139 e. The molecule has 1 heterocycles. The number of hydrogen-bond acceptors (Lipinski definition) is 3. The van der Waals surface area contributed by atoms with E-state index in [0.717, 1.165) is 11.1 Å². The van der Waals surface area contributed by atoms with E-state index in [9.17, 15) is 8.60 Å². The molecule has 0 saturated heterocycles. The average Bonchev–Trinajstić information content (AvgIpc) is 2.40. The van der Waals surface area contributed by atoms with Crippen LogP contribution in [0, 0.1) is 19.7 Å². The summed E-state index contributed by atoms with van der Waals surface area (Å²) in [5, 5.41) is 0. The van der Waals surface area contributed by atoms with Crippen molar-refractivity contribution in [3.8, 4) is 0 Å². The number of nitrogens with zero attached hydrogens (tertiary/aromatic N) is 1. The average molecular weight is 278 g/mol. The van der Waals surface area contributed by atoms with Gasteiger partial charge in [-0.15, -0.1) is 0 Å². The van der Waals surface area contributed by atoms with E-state index in [4.69, 9.17) is 5.73 Å². The molecule has 0 aliphatic rings. The number of nitrogen functional groups attached to an aromatic ring is 1. The largest absolute Gasteiger partial charge is 0.398 e. The van der Waals surface area contributed by atoms with Crippen molar-refractivity contribution in [2.45, 2.75) is 24.5 Å². The molecule has 2 N–H and O–H groups in total. The fraction of sp³-hybridized carbons (Fsp3) is 0.214. The number of pyridine rings is 1. The van der Waals surface area contributed by atoms with E-state index < -0.39 is 16.6 Å². The van der Waals surface area contributed by atoms with Gasteiger partial charge in [0.15, 0.2) is 0 Å². The van der Waals surface area contributed by atoms with Crippen LogP contribution in [0.25, 0.3) is 0 Å². The normalized spacial score (nSPS) is 12.4. The molecule has 0 aliphatic heterocycles. The lowest BCUT2D eigenvalue weighted by atomic mass is 10.1. The minimum atomic E-state index is -1.46. The lowest BCUT2D eigenvalue weighted by molar-refractivity contribution is 0.595. The first-order chi connectivity index (χ1) is 9.00. The van der Waals surface area contributed by atoms with Crippen LogP contribution < -0.4 is 5.73 Å². The Bertz CT molecular complexity index is 643. The zero-order chi connectivity index (χ0) is 14.0. The van der Waals surface area contributed by atoms with Crippen LogP contribution in [0.15, 0.2) is 35.4 Å². The molecule has 1 unspecified atom stereocenters. The van der Waals surface area contributed by atoms with Gasteiger partial charge in [0.1, 0.15) is 5.82 Å². The standard InChI is InChI=1S/C14H15FN2OS/c1-9-7-17-12(10(2)14(9)16)8-19(18)13-6-4-3-5-11(13)15/h3-7H,8H2,1-2H3,(H2,16,17). The third-order valence-corrected chi connectivity index (χ3v) is 4.38. The topological polar surface area (TPSA) is 56.0 Å². The van der Waals surface area contributed by atoms with E-state index in [0.29, 0.717) is 11.4 Å². The summed E-state index contributed by atoms with van der Waals surface area (Å²) in [5.41, 5.74) is 8.90. The second-order valence-electron chi connectivity index (χ2n) is 4.35. The summed E-state index contributed by atoms with van der Waals surface area (Å²) in [6.07, 6.45) is 1.65. The van der Waals surface area contributed by atoms with Gasteiger partial charge in [-0.2, -0.15) is 0 Å². The van der Waals surface area contributed by atoms with Crippen molar-refractivity contribution < 1.29 is 8.60 Å². The number of rotatable bonds is 3. The van der Waals surface area contributed by atoms with Gasteiger partial charge in [0.25, 0.3) is 0 Å². The number of halogens is 1. The molecule has 0 bridgehead atoms. The smallest absolute Gasteiger partial charge is 0.139 e. The summed E-state index contributed by atoms with van der Waals surface area (Å²) in [6.45, 7) is 3.70. The van der Waals surface area contributed by atoms with Crippen molar-refractivity contribution >= 4 is 16.5 Å². The van der Waals surface area contributed by atoms with E-state index in [1.807, 2.05) is 13.8 Å². The Labute approximate surface area is 114 Å². The number of nitrogens with two attached hydrogens (primary N) is 1. The molecule has 1 aromatic heterocycles. The number of benzene rings is 1. The van der Waals surface area contributed by atoms with Crippen molar-refractivity contribution in [3.63, 3.8) is 0 Å². The van der Waals surface area contributed by atoms with E-state index in [1.54, 1.807) is 18.3 Å². The molecule has 2 aromatic rings. The highest BCUT2D eigenvalue weighted by Crippen LogP contribution is 2.21. The van der Waals surface area contributed by atoms with Crippen LogP contribution in [-0.2, 0) is 16.6 Å². The highest BCUT2D eigenvalue weighted by Gasteiger charge is 2.14. The number of hydrogen-bond donors (Lipinski definition) is 1. The third kappa shape index (κ3) is 2.81. The lowest BCUT2D eigenvalue weighted by Crippen LogP contribution is -2.06. The molecule has 5 heteroatoms. The summed E-state index contributed by atoms with van der Waals surface area (Å²) in [5.74, 6) is -0.296. The van der Waals surface area contributed by atoms with Gasteiger partial charge in [0.05, 0.1) is 27.1 Å². The molecule has 2 rings (SSSR count). The third-order valence-electron chi connectivity index (χ3n) is 3.03. The minimum Gasteiger partial charge on any atom is -0.398 e. The SMILES string of the molecule is Cc1cnc(CS(=O)c2ccccc2F)c(C)c1N. The molecule has 0 radical (unpaired) electrons. The van der Waals surface area contributed by atoms with Crippen LogP contribution in [0.5, 0.6) is 0 Å². The Morgan fingerprint density at radius 1 is 1.32 bits per heavy atom. The summed E-state index contributed by atoms with van der Waals surface area (Å²) in [4.78, 5) is 4.44. The lowest BCUT2D eigenvalue weighted by Gasteiger charge is -2.10. The monoisotopic (exact) mass is 278 g/mol. The predicted octanol–water partition coefficient (Wildman–Crippen LogP) is 2.73. The van der Waals surface area contributed by atoms with Crippen molar-refractivity contribution in [2.75, 3.05) is 5.73 Å². The summed E-state index contributed by atoms with van der Waals surface area (Å²) in [6, 6.07) is 6.07. The van der Waals surface area contributed by atoms with Gasteiger partial charge in [-0.05, 0) is 37.1 Å². The van der Waals surface area contributed by atoms with Crippen molar-refractivity contribution in [3.05, 3.63) is 53.1 Å². The quantitative estimate of drug-likeness (QED) is 0.939. The molecule has 1 atom stereocenters. The highest BCUT2D eigenvalue weighted by atomic mass is 32.2. The van der Waals surface area contributed by atoms with Crippen LogP contribution in [-0.4, -0.2) is 9.19 Å². The second-order valence-corrected chi connectivity index (χ2v) is 5.77. The zero-order valence-electron chi connectivity index (χ0n) is 10.8. The molecule has 1 aromatic carbocycles. The Kier molecular flexibility index (Phi) is 3.95. The number of aryl methyl sites for hydroxylation is 1. The highest BCUT2D eigenvalue weighted by molar-refractivity contribution is 7.84. The minimum absolute atomic E-state index is 0.164. The maximum absolute atomic E-state index is 13.5. The van der Waals surface area contributed by atoms with Crippen molar-refractivity contribution in [2.24, 2.45) is 0 Å². The van der Waals surface area contributed by atoms with Gasteiger partial charge >= 0.3 is 0 Å². The second kappa shape index (κ2) is 5.48. The van der Waals surface area contributed by atoms with Crippen molar-refractivity contribution in [1.29, 1.82) is 0 Å². The number of anilines is 1. The van der Waals surface area contributed by atoms with Gasteiger partial charge in [-0.3, -0.25) is 9.19 Å². The van der Waals surface area contributed by atoms with Gasteiger partial charge in [0.2, 0.25) is 0 Å². The van der Waals surface area contributed by atoms with E-state index in [2.05, 4.69) is 4.98 Å². The molecule has 0 amide bonds. The summed E-state index contributed by atoms with van der Waals surface area (Å²) < 4.78 is 25.7. The Morgan fingerprint density at radius 2 is 2.00 bits per heavy atom. The number of aromatic nitrogens is 1. The zero-order valence-corrected chi connectivity index (χ0v) is 11.6. The first-order valence-corrected chi connectivity index (χ1v) is 7.16. The summed E-state index contributed by atoms with van der Waals surface area (Å²) in [7, 11) is -1.46. The molecule has 0 spiro atoms. The molecule has 19 heavy (non-hydrogen) atoms. The fourth-order valence-corrected chi connectivity index (χ4v) is 2.98. The van der Waals surface area contributed by atoms with Gasteiger partial charge < -0.3 is 5.73 Å². The van der Waals surface area contributed by atoms with Gasteiger partial charge in [-0.1, -0.05) is 12.1 Å². The van der Waals surface area contributed by atoms with Crippen LogP contribution in [0.3, 0.4) is 0 Å². The van der Waals surface area contributed by atoms with Crippen LogP contribution in [0.2, 0.25) is 0 Å². The Hall–Kier alpha value is -1.75. The van der Waals surface area contributed by atoms with Crippen LogP contribution in [0.4, 0.5) is 10.1 Å². The Balaban J connectivity index is 2.30. The van der Waals surface area contributed by atoms with Crippen LogP contribution >= 0.6 is 0 Å². The molecular formula is C14H15FN2OS. The molecular weight excluding hydrogens is 263 g/mol. The summed E-state index contributed by atoms with van der Waals surface area (Å²) >= 11 is 0. The van der Waals surface area contributed by atoms with E-state index in [-0.39, 0.29) is 10.6 Å². The van der Waals surface area contributed by atoms with Crippen LogP contribution in [0.1, 0.15) is 16.8 Å².